The minimum atomic E-state index is -0.959. The second kappa shape index (κ2) is 6.72. The first-order chi connectivity index (χ1) is 13.3. The molecule has 4 rings (SSSR count). The van der Waals surface area contributed by atoms with Gasteiger partial charge in [-0.2, -0.15) is 5.10 Å². The summed E-state index contributed by atoms with van der Waals surface area (Å²) in [6, 6.07) is 10.8. The van der Waals surface area contributed by atoms with Crippen LogP contribution in [-0.2, 0) is 14.4 Å². The van der Waals surface area contributed by atoms with Crippen LogP contribution >= 0.6 is 23.2 Å². The lowest BCUT2D eigenvalue weighted by Crippen LogP contribution is -2.39. The summed E-state index contributed by atoms with van der Waals surface area (Å²) in [4.78, 5) is 39.7. The highest BCUT2D eigenvalue weighted by Gasteiger charge is 2.58. The van der Waals surface area contributed by atoms with Crippen LogP contribution in [0.5, 0.6) is 0 Å². The molecule has 0 saturated carbocycles. The predicted octanol–water partition coefficient (Wildman–Crippen LogP) is 3.63. The molecule has 8 heteroatoms. The summed E-state index contributed by atoms with van der Waals surface area (Å²) in [5, 5.41) is 6.71. The van der Waals surface area contributed by atoms with E-state index in [9.17, 15) is 14.4 Å². The van der Waals surface area contributed by atoms with Crippen LogP contribution in [0.4, 0.5) is 11.4 Å². The number of carbonyl (C=O) groups is 3. The van der Waals surface area contributed by atoms with Crippen LogP contribution in [0, 0.1) is 12.8 Å². The summed E-state index contributed by atoms with van der Waals surface area (Å²) in [6.07, 6.45) is 0. The maximum absolute atomic E-state index is 13.3. The van der Waals surface area contributed by atoms with Gasteiger partial charge in [0.2, 0.25) is 5.91 Å². The lowest BCUT2D eigenvalue weighted by atomic mass is 9.95. The molecule has 0 aromatic heterocycles. The van der Waals surface area contributed by atoms with E-state index in [1.165, 1.54) is 11.9 Å². The van der Waals surface area contributed by atoms with E-state index in [4.69, 9.17) is 23.2 Å². The normalized spacial score (nSPS) is 21.2. The number of nitrogens with zero attached hydrogens (tertiary/aromatic N) is 3. The Morgan fingerprint density at radius 2 is 1.71 bits per heavy atom. The number of halogens is 2. The van der Waals surface area contributed by atoms with Crippen LogP contribution in [0.1, 0.15) is 12.5 Å². The molecular weight excluding hydrogens is 401 g/mol. The lowest BCUT2D eigenvalue weighted by Gasteiger charge is -2.23. The molecule has 28 heavy (non-hydrogen) atoms. The molecule has 2 amide bonds. The summed E-state index contributed by atoms with van der Waals surface area (Å²) >= 11 is 12.1. The zero-order chi connectivity index (χ0) is 20.2. The number of hydrogen-bond acceptors (Lipinski definition) is 5. The summed E-state index contributed by atoms with van der Waals surface area (Å²) in [5.74, 6) is -2.24. The smallest absolute Gasteiger partial charge is 0.259 e. The zero-order valence-electron chi connectivity index (χ0n) is 15.0. The molecule has 0 aliphatic carbocycles. The van der Waals surface area contributed by atoms with Crippen molar-refractivity contribution in [3.8, 4) is 0 Å². The summed E-state index contributed by atoms with van der Waals surface area (Å²) in [7, 11) is 0. The van der Waals surface area contributed by atoms with E-state index in [0.717, 1.165) is 4.90 Å². The van der Waals surface area contributed by atoms with Crippen LogP contribution in [0.25, 0.3) is 0 Å². The van der Waals surface area contributed by atoms with Gasteiger partial charge in [0, 0.05) is 17.0 Å². The Bertz CT molecular complexity index is 1050. The molecular formula is C20H15Cl2N3O3. The third-order valence-electron chi connectivity index (χ3n) is 4.98. The Labute approximate surface area is 171 Å². The van der Waals surface area contributed by atoms with E-state index >= 15 is 0 Å². The maximum atomic E-state index is 13.3. The average Bonchev–Trinajstić information content (AvgIpc) is 3.16. The monoisotopic (exact) mass is 415 g/mol. The molecule has 0 unspecified atom stereocenters. The molecule has 1 saturated heterocycles. The minimum absolute atomic E-state index is 0.0699. The van der Waals surface area contributed by atoms with Crippen molar-refractivity contribution in [1.29, 1.82) is 0 Å². The van der Waals surface area contributed by atoms with E-state index in [0.29, 0.717) is 27.0 Å². The third kappa shape index (κ3) is 2.72. The number of amides is 2. The van der Waals surface area contributed by atoms with E-state index in [1.54, 1.807) is 49.4 Å². The van der Waals surface area contributed by atoms with Crippen molar-refractivity contribution in [3.05, 3.63) is 58.1 Å². The third-order valence-corrected chi connectivity index (χ3v) is 5.64. The number of Topliss-reactive ketones (excluding diaryl/α,β-unsaturated/α-hetero) is 1. The first-order valence-corrected chi connectivity index (χ1v) is 9.34. The molecule has 1 fully saturated rings. The number of rotatable bonds is 3. The summed E-state index contributed by atoms with van der Waals surface area (Å²) in [5.41, 5.74) is 1.67. The molecule has 142 valence electrons. The van der Waals surface area contributed by atoms with Gasteiger partial charge < -0.3 is 0 Å². The average molecular weight is 416 g/mol. The lowest BCUT2D eigenvalue weighted by molar-refractivity contribution is -0.122. The standard InChI is InChI=1S/C20H15Cl2N3O3/c1-10-14(22)4-3-5-15(10)24-19(27)16-17(11(2)26)23-25(18(16)20(24)28)13-8-6-12(21)7-9-13/h3-9,16,18H,1-2H3/t16-,18+/m0/s1. The fourth-order valence-corrected chi connectivity index (χ4v) is 3.88. The Hall–Kier alpha value is -2.70. The van der Waals surface area contributed by atoms with Crippen LogP contribution in [0.2, 0.25) is 10.0 Å². The highest BCUT2D eigenvalue weighted by molar-refractivity contribution is 6.49. The Morgan fingerprint density at radius 3 is 2.36 bits per heavy atom. The van der Waals surface area contributed by atoms with E-state index in [2.05, 4.69) is 5.10 Å². The predicted molar refractivity (Wildman–Crippen MR) is 108 cm³/mol. The first-order valence-electron chi connectivity index (χ1n) is 8.58. The Morgan fingerprint density at radius 1 is 1.04 bits per heavy atom. The van der Waals surface area contributed by atoms with Gasteiger partial charge in [0.15, 0.2) is 5.78 Å². The van der Waals surface area contributed by atoms with E-state index < -0.39 is 23.8 Å². The van der Waals surface area contributed by atoms with Crippen molar-refractivity contribution in [2.45, 2.75) is 19.9 Å². The van der Waals surface area contributed by atoms with Gasteiger partial charge in [0.1, 0.15) is 17.7 Å². The van der Waals surface area contributed by atoms with Gasteiger partial charge in [-0.05, 0) is 48.9 Å². The van der Waals surface area contributed by atoms with Gasteiger partial charge in [-0.3, -0.25) is 19.4 Å². The van der Waals surface area contributed by atoms with Gasteiger partial charge in [-0.15, -0.1) is 0 Å². The molecule has 2 atom stereocenters. The van der Waals surface area contributed by atoms with Gasteiger partial charge in [-0.1, -0.05) is 29.3 Å². The number of carbonyl (C=O) groups excluding carboxylic acids is 3. The van der Waals surface area contributed by atoms with Gasteiger partial charge in [0.05, 0.1) is 11.4 Å². The molecule has 0 radical (unpaired) electrons. The van der Waals surface area contributed by atoms with Crippen molar-refractivity contribution < 1.29 is 14.4 Å². The highest BCUT2D eigenvalue weighted by Crippen LogP contribution is 2.39. The van der Waals surface area contributed by atoms with Crippen LogP contribution in [0.15, 0.2) is 47.6 Å². The topological polar surface area (TPSA) is 70.1 Å². The number of hydrazone groups is 1. The maximum Gasteiger partial charge on any atom is 0.259 e. The number of benzene rings is 2. The van der Waals surface area contributed by atoms with Gasteiger partial charge in [-0.25, -0.2) is 4.90 Å². The largest absolute Gasteiger partial charge is 0.293 e. The van der Waals surface area contributed by atoms with E-state index in [1.807, 2.05) is 0 Å². The van der Waals surface area contributed by atoms with E-state index in [-0.39, 0.29) is 11.5 Å². The second-order valence-corrected chi connectivity index (χ2v) is 7.52. The minimum Gasteiger partial charge on any atom is -0.293 e. The molecule has 2 aromatic carbocycles. The number of fused-ring (bicyclic) bond motifs is 1. The fourth-order valence-electron chi connectivity index (χ4n) is 3.59. The van der Waals surface area contributed by atoms with Crippen LogP contribution in [0.3, 0.4) is 0 Å². The number of imide groups is 1. The molecule has 2 heterocycles. The second-order valence-electron chi connectivity index (χ2n) is 6.68. The van der Waals surface area contributed by atoms with Gasteiger partial charge in [0.25, 0.3) is 5.91 Å². The van der Waals surface area contributed by atoms with Crippen molar-refractivity contribution >= 4 is 57.9 Å². The molecule has 2 aliphatic heterocycles. The fraction of sp³-hybridized carbons (Fsp3) is 0.200. The Balaban J connectivity index is 1.83. The molecule has 2 aliphatic rings. The zero-order valence-corrected chi connectivity index (χ0v) is 16.5. The van der Waals surface area contributed by atoms with Crippen molar-refractivity contribution in [3.63, 3.8) is 0 Å². The Kier molecular flexibility index (Phi) is 4.48. The molecule has 0 N–H and O–H groups in total. The molecule has 0 bridgehead atoms. The number of anilines is 2. The quantitative estimate of drug-likeness (QED) is 0.717. The number of ketones is 1. The number of hydrogen-bond donors (Lipinski definition) is 0. The van der Waals surface area contributed by atoms with Crippen LogP contribution in [-0.4, -0.2) is 29.4 Å². The summed E-state index contributed by atoms with van der Waals surface area (Å²) in [6.45, 7) is 3.08. The van der Waals surface area contributed by atoms with Crippen molar-refractivity contribution in [2.24, 2.45) is 11.0 Å². The van der Waals surface area contributed by atoms with Crippen molar-refractivity contribution in [2.75, 3.05) is 9.91 Å². The van der Waals surface area contributed by atoms with Crippen molar-refractivity contribution in [1.82, 2.24) is 0 Å². The molecule has 2 aromatic rings. The first kappa shape index (κ1) is 18.7. The van der Waals surface area contributed by atoms with Gasteiger partial charge >= 0.3 is 0 Å². The highest BCUT2D eigenvalue weighted by atomic mass is 35.5. The molecule has 6 nitrogen and oxygen atoms in total. The molecule has 0 spiro atoms. The van der Waals surface area contributed by atoms with Crippen LogP contribution < -0.4 is 9.91 Å². The SMILES string of the molecule is CC(=O)C1=NN(c2ccc(Cl)cc2)[C@H]2C(=O)N(c3cccc(Cl)c3C)C(=O)[C@@H]12. The summed E-state index contributed by atoms with van der Waals surface area (Å²) < 4.78 is 0.